The van der Waals surface area contributed by atoms with Crippen molar-refractivity contribution in [3.05, 3.63) is 71.8 Å². The van der Waals surface area contributed by atoms with Gasteiger partial charge < -0.3 is 5.11 Å². The largest absolute Gasteiger partial charge is 0.384 e. The van der Waals surface area contributed by atoms with E-state index < -0.39 is 6.10 Å². The maximum atomic E-state index is 10.5. The Balaban J connectivity index is 2.15. The minimum absolute atomic E-state index is 0.498. The summed E-state index contributed by atoms with van der Waals surface area (Å²) in [6.07, 6.45) is -0.498. The van der Waals surface area contributed by atoms with Crippen LogP contribution in [0, 0.1) is 0 Å². The maximum Gasteiger partial charge on any atom is 0.106 e. The van der Waals surface area contributed by atoms with Gasteiger partial charge in [0, 0.05) is 5.56 Å². The molecule has 1 heteroatoms. The molecule has 0 saturated heterocycles. The van der Waals surface area contributed by atoms with Gasteiger partial charge in [0.15, 0.2) is 0 Å². The summed E-state index contributed by atoms with van der Waals surface area (Å²) in [5.41, 5.74) is 4.39. The van der Waals surface area contributed by atoms with E-state index in [1.165, 1.54) is 5.39 Å². The number of benzene rings is 3. The number of fused-ring (bicyclic) bond motifs is 5. The van der Waals surface area contributed by atoms with Crippen LogP contribution in [-0.2, 0) is 0 Å². The van der Waals surface area contributed by atoms with Crippen LogP contribution in [0.1, 0.15) is 17.2 Å². The summed E-state index contributed by atoms with van der Waals surface area (Å²) in [7, 11) is 0. The zero-order valence-corrected chi connectivity index (χ0v) is 9.80. The van der Waals surface area contributed by atoms with Gasteiger partial charge >= 0.3 is 0 Å². The summed E-state index contributed by atoms with van der Waals surface area (Å²) in [4.78, 5) is 0. The van der Waals surface area contributed by atoms with Crippen molar-refractivity contribution >= 4 is 10.8 Å². The highest BCUT2D eigenvalue weighted by atomic mass is 16.3. The topological polar surface area (TPSA) is 20.2 Å². The van der Waals surface area contributed by atoms with E-state index in [0.717, 1.165) is 27.6 Å². The molecule has 1 atom stereocenters. The molecule has 0 amide bonds. The van der Waals surface area contributed by atoms with Crippen molar-refractivity contribution in [2.75, 3.05) is 0 Å². The van der Waals surface area contributed by atoms with Crippen molar-refractivity contribution in [1.82, 2.24) is 0 Å². The molecule has 0 spiro atoms. The first-order chi connectivity index (χ1) is 8.86. The van der Waals surface area contributed by atoms with Gasteiger partial charge in [-0.15, -0.1) is 0 Å². The van der Waals surface area contributed by atoms with Gasteiger partial charge in [0.25, 0.3) is 0 Å². The molecule has 1 N–H and O–H groups in total. The molecule has 0 aromatic heterocycles. The Morgan fingerprint density at radius 3 is 2.44 bits per heavy atom. The van der Waals surface area contributed by atoms with Gasteiger partial charge in [-0.1, -0.05) is 60.7 Å². The summed E-state index contributed by atoms with van der Waals surface area (Å²) in [5, 5.41) is 12.9. The number of aliphatic hydroxyl groups is 1. The molecule has 1 aliphatic rings. The zero-order valence-electron chi connectivity index (χ0n) is 9.80. The Bertz CT molecular complexity index is 758. The summed E-state index contributed by atoms with van der Waals surface area (Å²) < 4.78 is 0. The highest BCUT2D eigenvalue weighted by Gasteiger charge is 2.27. The highest BCUT2D eigenvalue weighted by molar-refractivity contribution is 5.95. The Morgan fingerprint density at radius 2 is 1.50 bits per heavy atom. The molecule has 3 aromatic carbocycles. The molecule has 0 fully saturated rings. The molecule has 86 valence electrons. The first kappa shape index (κ1) is 9.86. The quantitative estimate of drug-likeness (QED) is 0.623. The lowest BCUT2D eigenvalue weighted by atomic mass is 9.98. The van der Waals surface area contributed by atoms with Crippen LogP contribution in [0.5, 0.6) is 0 Å². The smallest absolute Gasteiger partial charge is 0.106 e. The van der Waals surface area contributed by atoms with Crippen molar-refractivity contribution in [1.29, 1.82) is 0 Å². The summed E-state index contributed by atoms with van der Waals surface area (Å²) in [6.45, 7) is 0. The molecule has 0 saturated carbocycles. The minimum Gasteiger partial charge on any atom is -0.384 e. The normalized spacial score (nSPS) is 16.6. The third kappa shape index (κ3) is 1.14. The van der Waals surface area contributed by atoms with Crippen LogP contribution >= 0.6 is 0 Å². The van der Waals surface area contributed by atoms with Crippen molar-refractivity contribution in [2.24, 2.45) is 0 Å². The van der Waals surface area contributed by atoms with Gasteiger partial charge in [-0.3, -0.25) is 0 Å². The standard InChI is InChI=1S/C17H12O/c18-17-15-8-4-3-7-13(15)14-10-9-11-5-1-2-6-12(11)16(14)17/h1-10,17-18H. The molecule has 4 rings (SSSR count). The average molecular weight is 232 g/mol. The molecule has 3 aromatic rings. The van der Waals surface area contributed by atoms with Crippen LogP contribution in [0.15, 0.2) is 60.7 Å². The van der Waals surface area contributed by atoms with Crippen molar-refractivity contribution in [3.8, 4) is 11.1 Å². The van der Waals surface area contributed by atoms with Gasteiger partial charge in [0.2, 0.25) is 0 Å². The first-order valence-electron chi connectivity index (χ1n) is 6.15. The van der Waals surface area contributed by atoms with Crippen LogP contribution in [0.3, 0.4) is 0 Å². The predicted octanol–water partition coefficient (Wildman–Crippen LogP) is 3.90. The first-order valence-corrected chi connectivity index (χ1v) is 6.15. The van der Waals surface area contributed by atoms with Crippen molar-refractivity contribution < 1.29 is 5.11 Å². The lowest BCUT2D eigenvalue weighted by molar-refractivity contribution is 0.226. The van der Waals surface area contributed by atoms with E-state index in [1.54, 1.807) is 0 Å². The molecule has 0 bridgehead atoms. The highest BCUT2D eigenvalue weighted by Crippen LogP contribution is 2.46. The molecule has 0 radical (unpaired) electrons. The number of hydrogen-bond donors (Lipinski definition) is 1. The van der Waals surface area contributed by atoms with E-state index >= 15 is 0 Å². The fraction of sp³-hybridized carbons (Fsp3) is 0.0588. The molecule has 1 nitrogen and oxygen atoms in total. The van der Waals surface area contributed by atoms with Gasteiger partial charge in [0.1, 0.15) is 6.10 Å². The molecule has 1 unspecified atom stereocenters. The summed E-state index contributed by atoms with van der Waals surface area (Å²) >= 11 is 0. The average Bonchev–Trinajstić information content (AvgIpc) is 2.73. The Labute approximate surface area is 105 Å². The van der Waals surface area contributed by atoms with Gasteiger partial charge in [0.05, 0.1) is 0 Å². The molecule has 0 aliphatic heterocycles. The molecule has 18 heavy (non-hydrogen) atoms. The zero-order chi connectivity index (χ0) is 12.1. The number of aliphatic hydroxyl groups excluding tert-OH is 1. The lowest BCUT2D eigenvalue weighted by Crippen LogP contribution is -1.94. The van der Waals surface area contributed by atoms with E-state index in [-0.39, 0.29) is 0 Å². The van der Waals surface area contributed by atoms with Crippen LogP contribution in [-0.4, -0.2) is 5.11 Å². The maximum absolute atomic E-state index is 10.5. The van der Waals surface area contributed by atoms with Gasteiger partial charge in [-0.2, -0.15) is 0 Å². The van der Waals surface area contributed by atoms with Crippen LogP contribution in [0.4, 0.5) is 0 Å². The van der Waals surface area contributed by atoms with E-state index in [1.807, 2.05) is 30.3 Å². The number of hydrogen-bond acceptors (Lipinski definition) is 1. The van der Waals surface area contributed by atoms with E-state index in [0.29, 0.717) is 0 Å². The number of rotatable bonds is 0. The van der Waals surface area contributed by atoms with Crippen molar-refractivity contribution in [3.63, 3.8) is 0 Å². The monoisotopic (exact) mass is 232 g/mol. The van der Waals surface area contributed by atoms with E-state index in [4.69, 9.17) is 0 Å². The van der Waals surface area contributed by atoms with Crippen LogP contribution < -0.4 is 0 Å². The lowest BCUT2D eigenvalue weighted by Gasteiger charge is -2.09. The second-order valence-electron chi connectivity index (χ2n) is 4.74. The fourth-order valence-corrected chi connectivity index (χ4v) is 2.96. The second-order valence-corrected chi connectivity index (χ2v) is 4.74. The Kier molecular flexibility index (Phi) is 1.88. The molecular formula is C17H12O. The molecule has 1 aliphatic carbocycles. The van der Waals surface area contributed by atoms with E-state index in [9.17, 15) is 5.11 Å². The molecular weight excluding hydrogens is 220 g/mol. The third-order valence-electron chi connectivity index (χ3n) is 3.79. The van der Waals surface area contributed by atoms with Gasteiger partial charge in [-0.25, -0.2) is 0 Å². The van der Waals surface area contributed by atoms with Crippen LogP contribution in [0.25, 0.3) is 21.9 Å². The van der Waals surface area contributed by atoms with E-state index in [2.05, 4.69) is 30.3 Å². The predicted molar refractivity (Wildman–Crippen MR) is 73.4 cm³/mol. The van der Waals surface area contributed by atoms with Gasteiger partial charge in [-0.05, 0) is 27.5 Å². The fourth-order valence-electron chi connectivity index (χ4n) is 2.96. The Hall–Kier alpha value is -2.12. The van der Waals surface area contributed by atoms with Crippen molar-refractivity contribution in [2.45, 2.75) is 6.10 Å². The molecule has 0 heterocycles. The van der Waals surface area contributed by atoms with Crippen LogP contribution in [0.2, 0.25) is 0 Å². The minimum atomic E-state index is -0.498. The Morgan fingerprint density at radius 1 is 0.722 bits per heavy atom. The summed E-state index contributed by atoms with van der Waals surface area (Å²) in [6, 6.07) is 20.6. The third-order valence-corrected chi connectivity index (χ3v) is 3.79. The summed E-state index contributed by atoms with van der Waals surface area (Å²) in [5.74, 6) is 0. The second kappa shape index (κ2) is 3.44. The SMILES string of the molecule is OC1c2ccccc2-c2ccc3ccccc3c21.